The van der Waals surface area contributed by atoms with E-state index in [9.17, 15) is 13.2 Å². The van der Waals surface area contributed by atoms with Gasteiger partial charge in [-0.05, 0) is 31.4 Å². The number of nitrogens with zero attached hydrogens (tertiary/aromatic N) is 3. The molecule has 2 amide bonds. The number of urea groups is 1. The standard InChI is InChI=1S/C18H25N5O4S/c1-13-5-3-4-6-15(13)20-18(24)19-10-7-16-21-17(22-27-16)14-8-11-23(12-9-14)28(2,25)26/h3-6,14H,7-12H2,1-2H3,(H2,19,20,24). The number of para-hydroxylation sites is 1. The van der Waals surface area contributed by atoms with Crippen LogP contribution in [0.5, 0.6) is 0 Å². The number of nitrogens with one attached hydrogen (secondary N) is 2. The molecule has 3 rings (SSSR count). The van der Waals surface area contributed by atoms with Crippen molar-refractivity contribution < 1.29 is 17.7 Å². The van der Waals surface area contributed by atoms with Crippen LogP contribution in [-0.4, -0.2) is 54.8 Å². The third-order valence-corrected chi connectivity index (χ3v) is 6.09. The van der Waals surface area contributed by atoms with E-state index in [1.54, 1.807) is 0 Å². The first-order valence-corrected chi connectivity index (χ1v) is 11.1. The second-order valence-corrected chi connectivity index (χ2v) is 8.91. The molecule has 1 fully saturated rings. The number of amides is 2. The van der Waals surface area contributed by atoms with E-state index in [1.165, 1.54) is 10.6 Å². The Morgan fingerprint density at radius 1 is 1.29 bits per heavy atom. The fourth-order valence-corrected chi connectivity index (χ4v) is 4.02. The van der Waals surface area contributed by atoms with E-state index in [4.69, 9.17) is 4.52 Å². The molecule has 0 aliphatic carbocycles. The van der Waals surface area contributed by atoms with Gasteiger partial charge < -0.3 is 15.2 Å². The zero-order valence-corrected chi connectivity index (χ0v) is 16.8. The Morgan fingerprint density at radius 2 is 2.00 bits per heavy atom. The lowest BCUT2D eigenvalue weighted by atomic mass is 9.97. The quantitative estimate of drug-likeness (QED) is 0.755. The van der Waals surface area contributed by atoms with Gasteiger partial charge in [0.25, 0.3) is 0 Å². The molecule has 0 atom stereocenters. The smallest absolute Gasteiger partial charge is 0.319 e. The van der Waals surface area contributed by atoms with Crippen molar-refractivity contribution in [1.82, 2.24) is 19.8 Å². The van der Waals surface area contributed by atoms with Crippen molar-refractivity contribution in [2.24, 2.45) is 0 Å². The van der Waals surface area contributed by atoms with Gasteiger partial charge in [-0.2, -0.15) is 4.98 Å². The molecule has 0 saturated carbocycles. The van der Waals surface area contributed by atoms with Crippen LogP contribution < -0.4 is 10.6 Å². The Morgan fingerprint density at radius 3 is 2.68 bits per heavy atom. The summed E-state index contributed by atoms with van der Waals surface area (Å²) in [6.07, 6.45) is 2.99. The molecule has 0 radical (unpaired) electrons. The molecule has 2 aromatic rings. The molecule has 1 aromatic heterocycles. The van der Waals surface area contributed by atoms with E-state index >= 15 is 0 Å². The molecule has 1 saturated heterocycles. The van der Waals surface area contributed by atoms with Crippen LogP contribution in [0.25, 0.3) is 0 Å². The molecule has 0 unspecified atom stereocenters. The first kappa shape index (κ1) is 20.3. The van der Waals surface area contributed by atoms with Crippen LogP contribution in [0, 0.1) is 6.92 Å². The van der Waals surface area contributed by atoms with Crippen LogP contribution in [0.15, 0.2) is 28.8 Å². The first-order chi connectivity index (χ1) is 13.3. The lowest BCUT2D eigenvalue weighted by Crippen LogP contribution is -2.37. The maximum Gasteiger partial charge on any atom is 0.319 e. The molecule has 1 aromatic carbocycles. The molecule has 152 valence electrons. The van der Waals surface area contributed by atoms with Crippen molar-refractivity contribution in [3.05, 3.63) is 41.5 Å². The summed E-state index contributed by atoms with van der Waals surface area (Å²) in [5.74, 6) is 1.15. The fourth-order valence-electron chi connectivity index (χ4n) is 3.14. The fraction of sp³-hybridized carbons (Fsp3) is 0.500. The highest BCUT2D eigenvalue weighted by Gasteiger charge is 2.28. The van der Waals surface area contributed by atoms with Gasteiger partial charge in [-0.3, -0.25) is 0 Å². The van der Waals surface area contributed by atoms with Crippen molar-refractivity contribution in [1.29, 1.82) is 0 Å². The van der Waals surface area contributed by atoms with E-state index in [-0.39, 0.29) is 11.9 Å². The number of hydrogen-bond acceptors (Lipinski definition) is 6. The minimum Gasteiger partial charge on any atom is -0.339 e. The zero-order valence-electron chi connectivity index (χ0n) is 16.0. The molecule has 10 heteroatoms. The van der Waals surface area contributed by atoms with Crippen molar-refractivity contribution in [2.45, 2.75) is 32.1 Å². The van der Waals surface area contributed by atoms with Gasteiger partial charge in [0.1, 0.15) is 0 Å². The van der Waals surface area contributed by atoms with Gasteiger partial charge in [0.2, 0.25) is 15.9 Å². The highest BCUT2D eigenvalue weighted by Crippen LogP contribution is 2.27. The van der Waals surface area contributed by atoms with Crippen LogP contribution >= 0.6 is 0 Å². The summed E-state index contributed by atoms with van der Waals surface area (Å²) >= 11 is 0. The monoisotopic (exact) mass is 407 g/mol. The second kappa shape index (κ2) is 8.70. The van der Waals surface area contributed by atoms with Gasteiger partial charge in [0.05, 0.1) is 6.26 Å². The zero-order chi connectivity index (χ0) is 20.1. The Kier molecular flexibility index (Phi) is 6.30. The van der Waals surface area contributed by atoms with E-state index < -0.39 is 10.0 Å². The number of benzene rings is 1. The van der Waals surface area contributed by atoms with E-state index in [1.807, 2.05) is 31.2 Å². The predicted octanol–water partition coefficient (Wildman–Crippen LogP) is 1.88. The summed E-state index contributed by atoms with van der Waals surface area (Å²) in [4.78, 5) is 16.4. The number of hydrogen-bond donors (Lipinski definition) is 2. The first-order valence-electron chi connectivity index (χ1n) is 9.21. The number of rotatable bonds is 6. The van der Waals surface area contributed by atoms with Crippen molar-refractivity contribution >= 4 is 21.7 Å². The summed E-state index contributed by atoms with van der Waals surface area (Å²) in [6.45, 7) is 3.23. The second-order valence-electron chi connectivity index (χ2n) is 6.93. The van der Waals surface area contributed by atoms with Crippen molar-refractivity contribution in [2.75, 3.05) is 31.2 Å². The Bertz CT molecular complexity index is 920. The molecule has 0 bridgehead atoms. The number of aromatic nitrogens is 2. The number of piperidine rings is 1. The maximum atomic E-state index is 12.0. The average molecular weight is 407 g/mol. The third kappa shape index (κ3) is 5.29. The van der Waals surface area contributed by atoms with E-state index in [0.717, 1.165) is 11.3 Å². The highest BCUT2D eigenvalue weighted by atomic mass is 32.2. The lowest BCUT2D eigenvalue weighted by molar-refractivity contribution is 0.251. The third-order valence-electron chi connectivity index (χ3n) is 4.79. The van der Waals surface area contributed by atoms with Crippen LogP contribution in [0.3, 0.4) is 0 Å². The highest BCUT2D eigenvalue weighted by molar-refractivity contribution is 7.88. The van der Waals surface area contributed by atoms with Gasteiger partial charge in [-0.25, -0.2) is 17.5 Å². The van der Waals surface area contributed by atoms with Crippen molar-refractivity contribution in [3.8, 4) is 0 Å². The summed E-state index contributed by atoms with van der Waals surface area (Å²) in [6, 6.07) is 7.26. The minimum atomic E-state index is -3.15. The Labute approximate surface area is 164 Å². The lowest BCUT2D eigenvalue weighted by Gasteiger charge is -2.28. The van der Waals surface area contributed by atoms with Gasteiger partial charge >= 0.3 is 6.03 Å². The summed E-state index contributed by atoms with van der Waals surface area (Å²) in [7, 11) is -3.15. The van der Waals surface area contributed by atoms with Crippen molar-refractivity contribution in [3.63, 3.8) is 0 Å². The SMILES string of the molecule is Cc1ccccc1NC(=O)NCCc1nc(C2CCN(S(C)(=O)=O)CC2)no1. The molecular formula is C18H25N5O4S. The molecule has 28 heavy (non-hydrogen) atoms. The molecule has 1 aliphatic rings. The molecule has 0 spiro atoms. The number of aryl methyl sites for hydroxylation is 1. The van der Waals surface area contributed by atoms with Gasteiger partial charge in [-0.15, -0.1) is 0 Å². The minimum absolute atomic E-state index is 0.0906. The summed E-state index contributed by atoms with van der Waals surface area (Å²) < 4.78 is 29.9. The van der Waals surface area contributed by atoms with Gasteiger partial charge in [-0.1, -0.05) is 23.4 Å². The number of sulfonamides is 1. The molecule has 2 N–H and O–H groups in total. The summed E-state index contributed by atoms with van der Waals surface area (Å²) in [5, 5.41) is 9.59. The van der Waals surface area contributed by atoms with Crippen LogP contribution in [0.2, 0.25) is 0 Å². The van der Waals surface area contributed by atoms with Crippen LogP contribution in [0.1, 0.15) is 36.0 Å². The number of anilines is 1. The van der Waals surface area contributed by atoms with Crippen LogP contribution in [-0.2, 0) is 16.4 Å². The number of carbonyl (C=O) groups is 1. The maximum absolute atomic E-state index is 12.0. The molecule has 2 heterocycles. The summed E-state index contributed by atoms with van der Waals surface area (Å²) in [5.41, 5.74) is 1.75. The Balaban J connectivity index is 1.44. The van der Waals surface area contributed by atoms with Gasteiger partial charge in [0, 0.05) is 37.7 Å². The van der Waals surface area contributed by atoms with E-state index in [2.05, 4.69) is 20.8 Å². The molecular weight excluding hydrogens is 382 g/mol. The Hall–Kier alpha value is -2.46. The molecule has 9 nitrogen and oxygen atoms in total. The predicted molar refractivity (Wildman–Crippen MR) is 105 cm³/mol. The topological polar surface area (TPSA) is 117 Å². The van der Waals surface area contributed by atoms with E-state index in [0.29, 0.717) is 50.6 Å². The normalized spacial score (nSPS) is 16.1. The van der Waals surface area contributed by atoms with Gasteiger partial charge in [0.15, 0.2) is 5.82 Å². The molecule has 1 aliphatic heterocycles. The number of carbonyl (C=O) groups excluding carboxylic acids is 1. The largest absolute Gasteiger partial charge is 0.339 e. The van der Waals surface area contributed by atoms with Crippen LogP contribution in [0.4, 0.5) is 10.5 Å². The average Bonchev–Trinajstić information content (AvgIpc) is 3.12.